The normalized spacial score (nSPS) is 10.5. The van der Waals surface area contributed by atoms with Crippen LogP contribution in [0.2, 0.25) is 0 Å². The van der Waals surface area contributed by atoms with Gasteiger partial charge in [0, 0.05) is 13.1 Å². The zero-order valence-electron chi connectivity index (χ0n) is 10.4. The number of hydrogen-bond donors (Lipinski definition) is 0. The zero-order valence-corrected chi connectivity index (χ0v) is 12.0. The SMILES string of the molecule is CCN(Cc1cccc(F)c1)C(=O)c1ccc(Br)o1. The van der Waals surface area contributed by atoms with Crippen molar-refractivity contribution in [2.75, 3.05) is 6.54 Å². The minimum Gasteiger partial charge on any atom is -0.444 e. The average Bonchev–Trinajstić information content (AvgIpc) is 2.82. The lowest BCUT2D eigenvalue weighted by atomic mass is 10.2. The average molecular weight is 326 g/mol. The van der Waals surface area contributed by atoms with Crippen molar-refractivity contribution in [1.82, 2.24) is 4.90 Å². The molecule has 0 unspecified atom stereocenters. The first-order chi connectivity index (χ1) is 9.10. The van der Waals surface area contributed by atoms with Gasteiger partial charge >= 0.3 is 0 Å². The highest BCUT2D eigenvalue weighted by Gasteiger charge is 2.18. The molecule has 100 valence electrons. The Morgan fingerprint density at radius 3 is 2.74 bits per heavy atom. The van der Waals surface area contributed by atoms with Crippen LogP contribution in [0.25, 0.3) is 0 Å². The van der Waals surface area contributed by atoms with Crippen molar-refractivity contribution < 1.29 is 13.6 Å². The summed E-state index contributed by atoms with van der Waals surface area (Å²) in [7, 11) is 0. The zero-order chi connectivity index (χ0) is 13.8. The molecule has 2 rings (SSSR count). The molecule has 0 spiro atoms. The van der Waals surface area contributed by atoms with Crippen LogP contribution in [-0.2, 0) is 6.54 Å². The van der Waals surface area contributed by atoms with Gasteiger partial charge in [0.25, 0.3) is 5.91 Å². The number of nitrogens with zero attached hydrogens (tertiary/aromatic N) is 1. The maximum Gasteiger partial charge on any atom is 0.289 e. The maximum atomic E-state index is 13.1. The Hall–Kier alpha value is -1.62. The van der Waals surface area contributed by atoms with Crippen molar-refractivity contribution in [2.45, 2.75) is 13.5 Å². The van der Waals surface area contributed by atoms with Crippen molar-refractivity contribution in [3.63, 3.8) is 0 Å². The van der Waals surface area contributed by atoms with Crippen molar-refractivity contribution in [3.05, 3.63) is 58.2 Å². The van der Waals surface area contributed by atoms with Gasteiger partial charge in [-0.25, -0.2) is 4.39 Å². The smallest absolute Gasteiger partial charge is 0.289 e. The molecule has 0 radical (unpaired) electrons. The lowest BCUT2D eigenvalue weighted by Gasteiger charge is -2.19. The largest absolute Gasteiger partial charge is 0.444 e. The Balaban J connectivity index is 2.14. The van der Waals surface area contributed by atoms with Crippen LogP contribution in [0.1, 0.15) is 23.0 Å². The molecule has 0 saturated heterocycles. The fourth-order valence-corrected chi connectivity index (χ4v) is 2.07. The first-order valence-corrected chi connectivity index (χ1v) is 6.68. The minimum absolute atomic E-state index is 0.211. The number of benzene rings is 1. The predicted molar refractivity (Wildman–Crippen MR) is 73.2 cm³/mol. The molecule has 1 aromatic carbocycles. The number of carbonyl (C=O) groups is 1. The molecule has 19 heavy (non-hydrogen) atoms. The van der Waals surface area contributed by atoms with Crippen LogP contribution in [-0.4, -0.2) is 17.4 Å². The van der Waals surface area contributed by atoms with E-state index in [2.05, 4.69) is 15.9 Å². The minimum atomic E-state index is -0.304. The molecule has 0 atom stereocenters. The van der Waals surface area contributed by atoms with Gasteiger partial charge in [-0.1, -0.05) is 12.1 Å². The molecule has 0 aliphatic rings. The Kier molecular flexibility index (Phi) is 4.37. The first-order valence-electron chi connectivity index (χ1n) is 5.89. The highest BCUT2D eigenvalue weighted by atomic mass is 79.9. The van der Waals surface area contributed by atoms with Gasteiger partial charge in [0.05, 0.1) is 0 Å². The summed E-state index contributed by atoms with van der Waals surface area (Å²) >= 11 is 3.16. The summed E-state index contributed by atoms with van der Waals surface area (Å²) in [5.74, 6) is -0.246. The molecule has 1 aromatic heterocycles. The van der Waals surface area contributed by atoms with Crippen LogP contribution < -0.4 is 0 Å². The van der Waals surface area contributed by atoms with E-state index in [4.69, 9.17) is 4.42 Å². The summed E-state index contributed by atoms with van der Waals surface area (Å²) in [4.78, 5) is 13.8. The molecular formula is C14H13BrFNO2. The third-order valence-corrected chi connectivity index (χ3v) is 3.14. The highest BCUT2D eigenvalue weighted by molar-refractivity contribution is 9.10. The highest BCUT2D eigenvalue weighted by Crippen LogP contribution is 2.17. The second kappa shape index (κ2) is 6.02. The summed E-state index contributed by atoms with van der Waals surface area (Å²) in [6.45, 7) is 2.74. The van der Waals surface area contributed by atoms with Gasteiger partial charge in [-0.15, -0.1) is 0 Å². The van der Waals surface area contributed by atoms with E-state index in [0.717, 1.165) is 5.56 Å². The lowest BCUT2D eigenvalue weighted by molar-refractivity contribution is 0.0719. The van der Waals surface area contributed by atoms with Gasteiger partial charge in [-0.2, -0.15) is 0 Å². The van der Waals surface area contributed by atoms with Crippen molar-refractivity contribution >= 4 is 21.8 Å². The number of hydrogen-bond acceptors (Lipinski definition) is 2. The molecule has 0 bridgehead atoms. The van der Waals surface area contributed by atoms with E-state index in [1.54, 1.807) is 29.2 Å². The second-order valence-electron chi connectivity index (χ2n) is 4.05. The van der Waals surface area contributed by atoms with E-state index in [1.165, 1.54) is 12.1 Å². The lowest BCUT2D eigenvalue weighted by Crippen LogP contribution is -2.30. The van der Waals surface area contributed by atoms with Gasteiger partial charge < -0.3 is 9.32 Å². The summed E-state index contributed by atoms with van der Waals surface area (Å²) in [6.07, 6.45) is 0. The van der Waals surface area contributed by atoms with Crippen LogP contribution in [0.4, 0.5) is 4.39 Å². The molecule has 1 amide bonds. The Morgan fingerprint density at radius 2 is 2.16 bits per heavy atom. The number of furan rings is 1. The van der Waals surface area contributed by atoms with E-state index in [0.29, 0.717) is 17.8 Å². The molecule has 0 aliphatic heterocycles. The van der Waals surface area contributed by atoms with Crippen LogP contribution in [0, 0.1) is 5.82 Å². The van der Waals surface area contributed by atoms with E-state index >= 15 is 0 Å². The number of halogens is 2. The standard InChI is InChI=1S/C14H13BrFNO2/c1-2-17(9-10-4-3-5-11(16)8-10)14(18)12-6-7-13(15)19-12/h3-8H,2,9H2,1H3. The number of rotatable bonds is 4. The molecular weight excluding hydrogens is 313 g/mol. The monoisotopic (exact) mass is 325 g/mol. The molecule has 0 fully saturated rings. The van der Waals surface area contributed by atoms with E-state index in [9.17, 15) is 9.18 Å². The summed E-state index contributed by atoms with van der Waals surface area (Å²) < 4.78 is 18.9. The fraction of sp³-hybridized carbons (Fsp3) is 0.214. The van der Waals surface area contributed by atoms with Crippen molar-refractivity contribution in [2.24, 2.45) is 0 Å². The van der Waals surface area contributed by atoms with Crippen LogP contribution >= 0.6 is 15.9 Å². The van der Waals surface area contributed by atoms with Crippen LogP contribution in [0.15, 0.2) is 45.5 Å². The number of amides is 1. The quantitative estimate of drug-likeness (QED) is 0.855. The Bertz CT molecular complexity index is 582. The van der Waals surface area contributed by atoms with Gasteiger partial charge in [-0.05, 0) is 52.7 Å². The van der Waals surface area contributed by atoms with Crippen LogP contribution in [0.3, 0.4) is 0 Å². The van der Waals surface area contributed by atoms with Gasteiger partial charge in [0.15, 0.2) is 10.4 Å². The van der Waals surface area contributed by atoms with Gasteiger partial charge in [-0.3, -0.25) is 4.79 Å². The van der Waals surface area contributed by atoms with E-state index in [1.807, 2.05) is 6.92 Å². The van der Waals surface area contributed by atoms with Gasteiger partial charge in [0.2, 0.25) is 0 Å². The molecule has 3 nitrogen and oxygen atoms in total. The summed E-state index contributed by atoms with van der Waals surface area (Å²) in [6, 6.07) is 9.51. The molecule has 0 saturated carbocycles. The third-order valence-electron chi connectivity index (χ3n) is 2.72. The van der Waals surface area contributed by atoms with Crippen LogP contribution in [0.5, 0.6) is 0 Å². The molecule has 0 aliphatic carbocycles. The maximum absolute atomic E-state index is 13.1. The fourth-order valence-electron chi connectivity index (χ4n) is 1.77. The molecule has 5 heteroatoms. The molecule has 0 N–H and O–H groups in total. The Morgan fingerprint density at radius 1 is 1.37 bits per heavy atom. The predicted octanol–water partition coefficient (Wildman–Crippen LogP) is 3.84. The summed E-state index contributed by atoms with van der Waals surface area (Å²) in [5, 5.41) is 0. The molecule has 2 aromatic rings. The third kappa shape index (κ3) is 3.44. The summed E-state index contributed by atoms with van der Waals surface area (Å²) in [5.41, 5.74) is 0.751. The van der Waals surface area contributed by atoms with E-state index in [-0.39, 0.29) is 17.5 Å². The second-order valence-corrected chi connectivity index (χ2v) is 4.83. The first kappa shape index (κ1) is 13.8. The topological polar surface area (TPSA) is 33.5 Å². The number of carbonyl (C=O) groups excluding carboxylic acids is 1. The van der Waals surface area contributed by atoms with Crippen molar-refractivity contribution in [1.29, 1.82) is 0 Å². The van der Waals surface area contributed by atoms with E-state index < -0.39 is 0 Å². The van der Waals surface area contributed by atoms with Gasteiger partial charge in [0.1, 0.15) is 5.82 Å². The Labute approximate surface area is 119 Å². The molecule has 1 heterocycles. The van der Waals surface area contributed by atoms with Crippen molar-refractivity contribution in [3.8, 4) is 0 Å².